The van der Waals surface area contributed by atoms with Crippen LogP contribution in [0.5, 0.6) is 0 Å². The largest absolute Gasteiger partial charge is 0.325 e. The highest BCUT2D eigenvalue weighted by atomic mass is 16.1. The summed E-state index contributed by atoms with van der Waals surface area (Å²) in [5, 5.41) is 12.5. The average molecular weight is 389 g/mol. The number of hydrogen-bond donors (Lipinski definition) is 2. The van der Waals surface area contributed by atoms with Gasteiger partial charge in [0.15, 0.2) is 0 Å². The van der Waals surface area contributed by atoms with Gasteiger partial charge in [0.1, 0.15) is 5.78 Å². The molecule has 7 nitrogen and oxygen atoms in total. The normalized spacial score (nSPS) is 27.2. The second-order valence-electron chi connectivity index (χ2n) is 9.00. The van der Waals surface area contributed by atoms with Crippen LogP contribution in [0.4, 0.5) is 0 Å². The molecule has 3 N–H and O–H groups in total. The lowest BCUT2D eigenvalue weighted by atomic mass is 9.41. The van der Waals surface area contributed by atoms with Crippen molar-refractivity contribution in [1.29, 1.82) is 0 Å². The maximum absolute atomic E-state index is 13.1. The second-order valence-corrected chi connectivity index (χ2v) is 9.00. The molecule has 0 amide bonds. The Hall–Kier alpha value is -2.80. The third-order valence-electron chi connectivity index (χ3n) is 7.38. The Bertz CT molecular complexity index is 1210. The van der Waals surface area contributed by atoms with Gasteiger partial charge in [-0.2, -0.15) is 10.2 Å². The number of Topliss-reactive ketones (excluding diaryl/α,β-unsaturated/α-hetero) is 1. The quantitative estimate of drug-likeness (QED) is 0.711. The van der Waals surface area contributed by atoms with Gasteiger partial charge < -0.3 is 5.73 Å². The Balaban J connectivity index is 1.38. The molecule has 7 rings (SSSR count). The van der Waals surface area contributed by atoms with E-state index in [1.807, 2.05) is 29.1 Å². The Kier molecular flexibility index (Phi) is 3.45. The third kappa shape index (κ3) is 2.34. The molecular formula is C22H23N5O2. The number of H-pyrrole nitrogens is 1. The summed E-state index contributed by atoms with van der Waals surface area (Å²) in [7, 11) is 0. The molecule has 1 unspecified atom stereocenters. The summed E-state index contributed by atoms with van der Waals surface area (Å²) in [6.45, 7) is 1.04. The summed E-state index contributed by atoms with van der Waals surface area (Å²) >= 11 is 0. The van der Waals surface area contributed by atoms with Crippen LogP contribution in [0.2, 0.25) is 0 Å². The van der Waals surface area contributed by atoms with Crippen LogP contribution in [0.1, 0.15) is 37.1 Å². The minimum absolute atomic E-state index is 0.0172. The molecule has 1 aliphatic heterocycles. The first kappa shape index (κ1) is 17.1. The summed E-state index contributed by atoms with van der Waals surface area (Å²) in [6.07, 6.45) is 6.85. The van der Waals surface area contributed by atoms with E-state index in [1.165, 1.54) is 0 Å². The van der Waals surface area contributed by atoms with Crippen molar-refractivity contribution in [3.05, 3.63) is 46.1 Å². The zero-order chi connectivity index (χ0) is 19.8. The molecule has 2 bridgehead atoms. The molecule has 29 heavy (non-hydrogen) atoms. The molecule has 3 aromatic rings. The van der Waals surface area contributed by atoms with Crippen molar-refractivity contribution in [3.63, 3.8) is 0 Å². The number of rotatable bonds is 4. The number of nitrogens with one attached hydrogen (secondary N) is 1. The van der Waals surface area contributed by atoms with E-state index in [1.54, 1.807) is 0 Å². The number of carbonyl (C=O) groups excluding carboxylic acids is 1. The van der Waals surface area contributed by atoms with Gasteiger partial charge in [-0.3, -0.25) is 14.3 Å². The number of nitrogens with zero attached hydrogens (tertiary/aromatic N) is 3. The van der Waals surface area contributed by atoms with Crippen LogP contribution >= 0.6 is 0 Å². The molecule has 3 fully saturated rings. The first-order chi connectivity index (χ1) is 14.1. The molecule has 3 saturated carbocycles. The lowest BCUT2D eigenvalue weighted by Crippen LogP contribution is -2.58. The molecule has 4 aliphatic rings. The van der Waals surface area contributed by atoms with Gasteiger partial charge in [0.2, 0.25) is 0 Å². The van der Waals surface area contributed by atoms with Gasteiger partial charge in [0.05, 0.1) is 17.3 Å². The molecule has 2 aromatic heterocycles. The van der Waals surface area contributed by atoms with Gasteiger partial charge in [-0.25, -0.2) is 5.10 Å². The van der Waals surface area contributed by atoms with E-state index < -0.39 is 0 Å². The van der Waals surface area contributed by atoms with Crippen molar-refractivity contribution in [2.75, 3.05) is 0 Å². The van der Waals surface area contributed by atoms with E-state index in [0.717, 1.165) is 66.8 Å². The minimum atomic E-state index is -0.218. The summed E-state index contributed by atoms with van der Waals surface area (Å²) in [4.78, 5) is 25.2. The number of fused-ring (bicyclic) bond motifs is 2. The fourth-order valence-corrected chi connectivity index (χ4v) is 5.65. The van der Waals surface area contributed by atoms with Gasteiger partial charge in [-0.1, -0.05) is 6.07 Å². The topological polar surface area (TPSA) is 107 Å². The summed E-state index contributed by atoms with van der Waals surface area (Å²) in [6, 6.07) is 5.74. The molecular weight excluding hydrogens is 366 g/mol. The van der Waals surface area contributed by atoms with E-state index in [-0.39, 0.29) is 23.4 Å². The number of carbonyl (C=O) groups is 1. The number of hydrogen-bond acceptors (Lipinski definition) is 5. The van der Waals surface area contributed by atoms with Crippen LogP contribution in [-0.2, 0) is 24.3 Å². The Morgan fingerprint density at radius 2 is 2.10 bits per heavy atom. The van der Waals surface area contributed by atoms with Crippen LogP contribution in [0.25, 0.3) is 21.9 Å². The zero-order valence-corrected chi connectivity index (χ0v) is 16.1. The van der Waals surface area contributed by atoms with E-state index in [9.17, 15) is 9.59 Å². The minimum Gasteiger partial charge on any atom is -0.325 e. The Morgan fingerprint density at radius 1 is 1.28 bits per heavy atom. The second kappa shape index (κ2) is 5.86. The maximum atomic E-state index is 13.1. The van der Waals surface area contributed by atoms with Crippen molar-refractivity contribution >= 4 is 16.6 Å². The predicted molar refractivity (Wildman–Crippen MR) is 108 cm³/mol. The highest BCUT2D eigenvalue weighted by Crippen LogP contribution is 2.65. The molecule has 148 valence electrons. The average Bonchev–Trinajstić information content (AvgIpc) is 3.09. The molecule has 0 saturated heterocycles. The van der Waals surface area contributed by atoms with E-state index in [2.05, 4.69) is 15.3 Å². The molecule has 1 aromatic carbocycles. The van der Waals surface area contributed by atoms with Crippen LogP contribution in [0, 0.1) is 17.3 Å². The Morgan fingerprint density at radius 3 is 2.83 bits per heavy atom. The Labute approximate surface area is 167 Å². The van der Waals surface area contributed by atoms with E-state index in [4.69, 9.17) is 5.73 Å². The monoisotopic (exact) mass is 389 g/mol. The molecule has 0 radical (unpaired) electrons. The zero-order valence-electron chi connectivity index (χ0n) is 16.1. The lowest BCUT2D eigenvalue weighted by molar-refractivity contribution is -0.167. The smallest absolute Gasteiger partial charge is 0.272 e. The first-order valence-electron chi connectivity index (χ1n) is 10.4. The number of aromatic nitrogens is 4. The van der Waals surface area contributed by atoms with Crippen molar-refractivity contribution in [1.82, 2.24) is 20.0 Å². The van der Waals surface area contributed by atoms with Crippen molar-refractivity contribution in [3.8, 4) is 11.1 Å². The number of aromatic amines is 1. The van der Waals surface area contributed by atoms with Crippen LogP contribution in [0.15, 0.2) is 29.2 Å². The third-order valence-corrected chi connectivity index (χ3v) is 7.38. The first-order valence-corrected chi connectivity index (χ1v) is 10.4. The number of nitrogens with two attached hydrogens (primary N) is 1. The van der Waals surface area contributed by atoms with Crippen molar-refractivity contribution < 1.29 is 4.79 Å². The lowest BCUT2D eigenvalue weighted by Gasteiger charge is -2.61. The molecule has 1 atom stereocenters. The molecule has 3 heterocycles. The highest BCUT2D eigenvalue weighted by Gasteiger charge is 2.62. The van der Waals surface area contributed by atoms with Gasteiger partial charge in [-0.15, -0.1) is 0 Å². The number of ketones is 1. The SMILES string of the molecule is NCc1n[nH]c(=O)c2ccc(-c3cnn4c3CC(C(=O)C35CC(C3)C5)CC4)cc12. The van der Waals surface area contributed by atoms with Crippen LogP contribution in [0.3, 0.4) is 0 Å². The summed E-state index contributed by atoms with van der Waals surface area (Å²) in [5.74, 6) is 1.40. The van der Waals surface area contributed by atoms with E-state index in [0.29, 0.717) is 16.9 Å². The predicted octanol–water partition coefficient (Wildman–Crippen LogP) is 2.18. The molecule has 3 aliphatic carbocycles. The van der Waals surface area contributed by atoms with Crippen LogP contribution < -0.4 is 11.3 Å². The summed E-state index contributed by atoms with van der Waals surface area (Å²) in [5.41, 5.74) is 9.42. The standard InChI is InChI=1S/C22H23N5O2/c23-10-18-16-5-13(1-2-15(16)21(29)26-25-18)17-11-24-27-4-3-14(6-19(17)27)20(28)22-7-12(8-22)9-22/h1-2,5,11-12,14H,3-4,6-10,23H2,(H,26,29). The van der Waals surface area contributed by atoms with E-state index >= 15 is 0 Å². The van der Waals surface area contributed by atoms with Gasteiger partial charge in [-0.05, 0) is 55.7 Å². The fraction of sp³-hybridized carbons (Fsp3) is 0.455. The van der Waals surface area contributed by atoms with Gasteiger partial charge in [0, 0.05) is 41.1 Å². The number of aryl methyl sites for hydroxylation is 1. The van der Waals surface area contributed by atoms with Gasteiger partial charge >= 0.3 is 0 Å². The fourth-order valence-electron chi connectivity index (χ4n) is 5.65. The molecule has 0 spiro atoms. The summed E-state index contributed by atoms with van der Waals surface area (Å²) < 4.78 is 2.03. The maximum Gasteiger partial charge on any atom is 0.272 e. The molecule has 7 heteroatoms. The van der Waals surface area contributed by atoms with Crippen molar-refractivity contribution in [2.45, 2.75) is 45.2 Å². The van der Waals surface area contributed by atoms with Crippen molar-refractivity contribution in [2.24, 2.45) is 23.0 Å². The van der Waals surface area contributed by atoms with Crippen LogP contribution in [-0.4, -0.2) is 25.8 Å². The number of benzene rings is 1. The van der Waals surface area contributed by atoms with Gasteiger partial charge in [0.25, 0.3) is 5.56 Å². The highest BCUT2D eigenvalue weighted by molar-refractivity contribution is 5.91.